The quantitative estimate of drug-likeness (QED) is 0.659. The fraction of sp³-hybridized carbons (Fsp3) is 0.400. The van der Waals surface area contributed by atoms with E-state index in [9.17, 15) is 13.2 Å². The van der Waals surface area contributed by atoms with Crippen LogP contribution in [0.1, 0.15) is 29.3 Å². The Bertz CT molecular complexity index is 994. The molecule has 8 nitrogen and oxygen atoms in total. The van der Waals surface area contributed by atoms with Crippen LogP contribution in [0.15, 0.2) is 41.4 Å². The molecular weight excluding hydrogens is 430 g/mol. The second kappa shape index (κ2) is 10.2. The van der Waals surface area contributed by atoms with Gasteiger partial charge in [0, 0.05) is 37.0 Å². The van der Waals surface area contributed by atoms with E-state index in [-0.39, 0.29) is 35.1 Å². The molecule has 162 valence electrons. The number of carbonyl (C=O) groups is 1. The summed E-state index contributed by atoms with van der Waals surface area (Å²) in [5.41, 5.74) is 0.931. The minimum atomic E-state index is -3.82. The number of amides is 1. The largest absolute Gasteiger partial charge is 0.477 e. The van der Waals surface area contributed by atoms with Crippen molar-refractivity contribution in [3.05, 3.63) is 52.7 Å². The topological polar surface area (TPSA) is 97.8 Å². The fourth-order valence-electron chi connectivity index (χ4n) is 2.93. The van der Waals surface area contributed by atoms with Gasteiger partial charge in [0.2, 0.25) is 15.9 Å². The van der Waals surface area contributed by atoms with Crippen molar-refractivity contribution in [3.8, 4) is 5.88 Å². The lowest BCUT2D eigenvalue weighted by Crippen LogP contribution is -2.40. The molecule has 3 rings (SSSR count). The first kappa shape index (κ1) is 22.5. The van der Waals surface area contributed by atoms with E-state index in [1.807, 2.05) is 13.0 Å². The van der Waals surface area contributed by atoms with Gasteiger partial charge < -0.3 is 14.8 Å². The summed E-state index contributed by atoms with van der Waals surface area (Å²) in [5, 5.41) is 2.85. The third-order valence-electron chi connectivity index (χ3n) is 4.51. The molecule has 1 N–H and O–H groups in total. The number of benzene rings is 1. The lowest BCUT2D eigenvalue weighted by atomic mass is 10.2. The van der Waals surface area contributed by atoms with Crippen molar-refractivity contribution in [2.45, 2.75) is 24.8 Å². The Hall–Kier alpha value is -2.20. The van der Waals surface area contributed by atoms with Crippen LogP contribution < -0.4 is 10.1 Å². The Morgan fingerprint density at radius 1 is 1.30 bits per heavy atom. The van der Waals surface area contributed by atoms with Crippen LogP contribution in [-0.4, -0.2) is 56.5 Å². The Balaban J connectivity index is 1.75. The number of morpholine rings is 1. The second-order valence-corrected chi connectivity index (χ2v) is 8.97. The van der Waals surface area contributed by atoms with Crippen molar-refractivity contribution in [2.75, 3.05) is 32.9 Å². The van der Waals surface area contributed by atoms with Crippen LogP contribution in [0.3, 0.4) is 0 Å². The number of halogens is 1. The number of ether oxygens (including phenoxy) is 2. The molecule has 0 unspecified atom stereocenters. The van der Waals surface area contributed by atoms with Gasteiger partial charge in [0.25, 0.3) is 5.91 Å². The Morgan fingerprint density at radius 2 is 2.07 bits per heavy atom. The molecule has 1 aliphatic heterocycles. The van der Waals surface area contributed by atoms with E-state index in [0.29, 0.717) is 25.7 Å². The highest BCUT2D eigenvalue weighted by atomic mass is 35.5. The first-order valence-corrected chi connectivity index (χ1v) is 11.5. The average molecular weight is 454 g/mol. The van der Waals surface area contributed by atoms with Gasteiger partial charge in [-0.15, -0.1) is 0 Å². The van der Waals surface area contributed by atoms with Gasteiger partial charge in [-0.25, -0.2) is 13.4 Å². The minimum absolute atomic E-state index is 0.0700. The second-order valence-electron chi connectivity index (χ2n) is 6.66. The summed E-state index contributed by atoms with van der Waals surface area (Å²) in [6.07, 6.45) is 2.46. The number of nitrogens with zero attached hydrogens (tertiary/aromatic N) is 2. The Kier molecular flexibility index (Phi) is 7.65. The maximum Gasteiger partial charge on any atom is 0.251 e. The molecule has 0 aliphatic carbocycles. The molecule has 1 aromatic heterocycles. The molecule has 30 heavy (non-hydrogen) atoms. The number of hydrogen-bond donors (Lipinski definition) is 1. The van der Waals surface area contributed by atoms with Crippen LogP contribution in [0.2, 0.25) is 5.02 Å². The van der Waals surface area contributed by atoms with Crippen molar-refractivity contribution in [3.63, 3.8) is 0 Å². The van der Waals surface area contributed by atoms with Crippen molar-refractivity contribution in [1.29, 1.82) is 0 Å². The molecule has 1 fully saturated rings. The number of carbonyl (C=O) groups excluding carboxylic acids is 1. The first-order valence-electron chi connectivity index (χ1n) is 9.66. The molecule has 1 aliphatic rings. The minimum Gasteiger partial charge on any atom is -0.477 e. The smallest absolute Gasteiger partial charge is 0.251 e. The molecule has 10 heteroatoms. The summed E-state index contributed by atoms with van der Waals surface area (Å²) < 4.78 is 38.0. The summed E-state index contributed by atoms with van der Waals surface area (Å²) >= 11 is 6.15. The van der Waals surface area contributed by atoms with E-state index in [4.69, 9.17) is 21.1 Å². The summed E-state index contributed by atoms with van der Waals surface area (Å²) in [4.78, 5) is 16.8. The van der Waals surface area contributed by atoms with Crippen LogP contribution >= 0.6 is 11.6 Å². The maximum atomic E-state index is 12.9. The Labute approximate surface area is 181 Å². The molecular formula is C20H24ClN3O5S. The normalized spacial score (nSPS) is 15.0. The zero-order valence-corrected chi connectivity index (χ0v) is 18.2. The van der Waals surface area contributed by atoms with Crippen LogP contribution in [0.25, 0.3) is 0 Å². The lowest BCUT2D eigenvalue weighted by Gasteiger charge is -2.26. The van der Waals surface area contributed by atoms with E-state index in [0.717, 1.165) is 12.0 Å². The predicted molar refractivity (Wildman–Crippen MR) is 112 cm³/mol. The maximum absolute atomic E-state index is 12.9. The number of aromatic nitrogens is 1. The van der Waals surface area contributed by atoms with Gasteiger partial charge in [-0.3, -0.25) is 4.79 Å². The van der Waals surface area contributed by atoms with Gasteiger partial charge in [0.05, 0.1) is 24.8 Å². The third kappa shape index (κ3) is 5.28. The van der Waals surface area contributed by atoms with Crippen molar-refractivity contribution < 1.29 is 22.7 Å². The molecule has 0 spiro atoms. The van der Waals surface area contributed by atoms with Gasteiger partial charge in [-0.2, -0.15) is 4.31 Å². The van der Waals surface area contributed by atoms with Gasteiger partial charge >= 0.3 is 0 Å². The third-order valence-corrected chi connectivity index (χ3v) is 6.89. The van der Waals surface area contributed by atoms with Crippen molar-refractivity contribution in [1.82, 2.24) is 14.6 Å². The van der Waals surface area contributed by atoms with Gasteiger partial charge in [0.15, 0.2) is 0 Å². The van der Waals surface area contributed by atoms with Crippen LogP contribution in [-0.2, 0) is 21.3 Å². The van der Waals surface area contributed by atoms with Gasteiger partial charge in [-0.05, 0) is 30.7 Å². The molecule has 0 saturated carbocycles. The lowest BCUT2D eigenvalue weighted by molar-refractivity contribution is 0.0730. The van der Waals surface area contributed by atoms with E-state index in [2.05, 4.69) is 10.3 Å². The standard InChI is InChI=1S/C20H24ClN3O5S/c1-2-10-29-20-16(4-3-7-22-20)14-23-19(25)15-5-6-17(21)18(13-15)30(26,27)24-8-11-28-12-9-24/h3-7,13H,2,8-12,14H2,1H3,(H,23,25). The highest BCUT2D eigenvalue weighted by Crippen LogP contribution is 2.26. The van der Waals surface area contributed by atoms with E-state index in [1.54, 1.807) is 12.3 Å². The summed E-state index contributed by atoms with van der Waals surface area (Å²) in [5.74, 6) is 0.0433. The van der Waals surface area contributed by atoms with E-state index >= 15 is 0 Å². The SMILES string of the molecule is CCCOc1ncccc1CNC(=O)c1ccc(Cl)c(S(=O)(=O)N2CCOCC2)c1. The highest BCUT2D eigenvalue weighted by Gasteiger charge is 2.29. The number of nitrogens with one attached hydrogen (secondary N) is 1. The van der Waals surface area contributed by atoms with E-state index < -0.39 is 15.9 Å². The predicted octanol–water partition coefficient (Wildman–Crippen LogP) is 2.47. The van der Waals surface area contributed by atoms with Crippen LogP contribution in [0.5, 0.6) is 5.88 Å². The highest BCUT2D eigenvalue weighted by molar-refractivity contribution is 7.89. The molecule has 0 radical (unpaired) electrons. The molecule has 2 aromatic rings. The summed E-state index contributed by atoms with van der Waals surface area (Å²) in [6.45, 7) is 3.85. The summed E-state index contributed by atoms with van der Waals surface area (Å²) in [7, 11) is -3.82. The molecule has 0 bridgehead atoms. The van der Waals surface area contributed by atoms with Crippen molar-refractivity contribution >= 4 is 27.5 Å². The number of pyridine rings is 1. The molecule has 1 saturated heterocycles. The molecule has 2 heterocycles. The van der Waals surface area contributed by atoms with Crippen molar-refractivity contribution in [2.24, 2.45) is 0 Å². The van der Waals surface area contributed by atoms with Gasteiger partial charge in [0.1, 0.15) is 4.90 Å². The molecule has 1 aromatic carbocycles. The summed E-state index contributed by atoms with van der Waals surface area (Å²) in [6, 6.07) is 7.79. The Morgan fingerprint density at radius 3 is 2.80 bits per heavy atom. The molecule has 0 atom stereocenters. The zero-order chi connectivity index (χ0) is 21.6. The number of sulfonamides is 1. The van der Waals surface area contributed by atoms with E-state index in [1.165, 1.54) is 22.5 Å². The molecule has 1 amide bonds. The number of hydrogen-bond acceptors (Lipinski definition) is 6. The van der Waals surface area contributed by atoms with Crippen LogP contribution in [0.4, 0.5) is 0 Å². The first-order chi connectivity index (χ1) is 14.4. The number of rotatable bonds is 8. The van der Waals surface area contributed by atoms with Gasteiger partial charge in [-0.1, -0.05) is 24.6 Å². The fourth-order valence-corrected chi connectivity index (χ4v) is 4.84. The van der Waals surface area contributed by atoms with Crippen LogP contribution in [0, 0.1) is 0 Å². The average Bonchev–Trinajstić information content (AvgIpc) is 2.77. The zero-order valence-electron chi connectivity index (χ0n) is 16.6. The monoisotopic (exact) mass is 453 g/mol.